The number of piperazine rings is 1. The molecule has 4 fully saturated rings. The van der Waals surface area contributed by atoms with E-state index in [1.54, 1.807) is 0 Å². The predicted molar refractivity (Wildman–Crippen MR) is 102 cm³/mol. The van der Waals surface area contributed by atoms with Crippen molar-refractivity contribution in [2.24, 2.45) is 5.92 Å². The zero-order valence-electron chi connectivity index (χ0n) is 15.3. The fraction of sp³-hybridized carbons (Fsp3) is 0.571. The molecule has 136 valence electrons. The van der Waals surface area contributed by atoms with Crippen molar-refractivity contribution in [3.63, 3.8) is 0 Å². The predicted octanol–water partition coefficient (Wildman–Crippen LogP) is 1.96. The number of amides is 1. The third-order valence-corrected chi connectivity index (χ3v) is 8.42. The summed E-state index contributed by atoms with van der Waals surface area (Å²) >= 11 is 6.31. The van der Waals surface area contributed by atoms with Gasteiger partial charge in [0.25, 0.3) is 5.91 Å². The number of carbonyl (C=O) groups is 1. The molecule has 7 rings (SSSR count). The van der Waals surface area contributed by atoms with E-state index in [4.69, 9.17) is 11.6 Å². The second kappa shape index (κ2) is 4.48. The molecule has 1 amide bonds. The third kappa shape index (κ3) is 1.60. The number of aromatic nitrogens is 1. The number of fused-ring (bicyclic) bond motifs is 4. The molecule has 5 heterocycles. The van der Waals surface area contributed by atoms with E-state index in [0.717, 1.165) is 42.9 Å². The summed E-state index contributed by atoms with van der Waals surface area (Å²) in [6.07, 6.45) is 4.17. The molecule has 2 bridgehead atoms. The molecule has 1 aliphatic carbocycles. The molecule has 4 aliphatic heterocycles. The van der Waals surface area contributed by atoms with Crippen LogP contribution in [-0.2, 0) is 16.6 Å². The lowest BCUT2D eigenvalue weighted by Crippen LogP contribution is -3.26. The van der Waals surface area contributed by atoms with Gasteiger partial charge in [-0.3, -0.25) is 4.79 Å². The van der Waals surface area contributed by atoms with Crippen LogP contribution in [0.4, 0.5) is 0 Å². The molecule has 2 spiro atoms. The normalized spacial score (nSPS) is 39.4. The molecule has 5 heteroatoms. The van der Waals surface area contributed by atoms with Crippen molar-refractivity contribution in [3.8, 4) is 0 Å². The average molecular weight is 371 g/mol. The summed E-state index contributed by atoms with van der Waals surface area (Å²) in [5.74, 6) is 0.787. The number of halogens is 1. The number of aromatic amines is 1. The molecule has 2 aromatic rings. The van der Waals surface area contributed by atoms with Crippen LogP contribution in [0.2, 0.25) is 5.02 Å². The van der Waals surface area contributed by atoms with Gasteiger partial charge in [-0.05, 0) is 23.8 Å². The molecule has 4 atom stereocenters. The van der Waals surface area contributed by atoms with Crippen molar-refractivity contribution in [2.45, 2.75) is 56.0 Å². The van der Waals surface area contributed by atoms with Crippen LogP contribution in [0.3, 0.4) is 0 Å². The molecule has 3 N–H and O–H groups in total. The Morgan fingerprint density at radius 3 is 3.00 bits per heavy atom. The maximum atomic E-state index is 13.1. The Bertz CT molecular complexity index is 979. The van der Waals surface area contributed by atoms with E-state index in [1.165, 1.54) is 28.0 Å². The summed E-state index contributed by atoms with van der Waals surface area (Å²) < 4.78 is 0. The van der Waals surface area contributed by atoms with Gasteiger partial charge in [-0.1, -0.05) is 25.4 Å². The van der Waals surface area contributed by atoms with E-state index >= 15 is 0 Å². The molecule has 5 aliphatic rings. The Labute approximate surface area is 158 Å². The molecule has 26 heavy (non-hydrogen) atoms. The van der Waals surface area contributed by atoms with Gasteiger partial charge in [-0.15, -0.1) is 0 Å². The summed E-state index contributed by atoms with van der Waals surface area (Å²) in [6.45, 7) is 6.95. The molecular weight excluding hydrogens is 346 g/mol. The molecule has 1 aromatic carbocycles. The lowest BCUT2D eigenvalue weighted by Gasteiger charge is -2.63. The van der Waals surface area contributed by atoms with Gasteiger partial charge in [0.05, 0.1) is 12.1 Å². The fourth-order valence-corrected chi connectivity index (χ4v) is 7.21. The summed E-state index contributed by atoms with van der Waals surface area (Å²) in [5.41, 5.74) is 3.59. The second-order valence-electron chi connectivity index (χ2n) is 9.65. The number of H-pyrrole nitrogens is 1. The van der Waals surface area contributed by atoms with E-state index in [2.05, 4.69) is 36.3 Å². The number of quaternary nitrogens is 1. The topological polar surface area (TPSA) is 49.3 Å². The lowest BCUT2D eigenvalue weighted by atomic mass is 9.51. The highest BCUT2D eigenvalue weighted by Crippen LogP contribution is 2.54. The standard InChI is InChI=1S/C21H24ClN3O/c1-19(2)16-10-21-6-3-7-25(21)11-20(16,24-18(21)26)9-14-13-8-12(22)4-5-15(13)23-17(14)19/h4-5,8,16,23H,3,6-7,9-11H2,1-2H3,(H,24,26)/p+1/t16-,20+,21-/m0/s1. The van der Waals surface area contributed by atoms with Gasteiger partial charge < -0.3 is 15.2 Å². The van der Waals surface area contributed by atoms with E-state index < -0.39 is 0 Å². The highest BCUT2D eigenvalue weighted by molar-refractivity contribution is 6.31. The van der Waals surface area contributed by atoms with Gasteiger partial charge in [0.1, 0.15) is 6.54 Å². The van der Waals surface area contributed by atoms with Crippen LogP contribution >= 0.6 is 11.6 Å². The van der Waals surface area contributed by atoms with Crippen LogP contribution in [-0.4, -0.2) is 35.1 Å². The van der Waals surface area contributed by atoms with Gasteiger partial charge in [0.2, 0.25) is 0 Å². The van der Waals surface area contributed by atoms with Crippen molar-refractivity contribution in [2.75, 3.05) is 13.1 Å². The minimum absolute atomic E-state index is 0.00784. The maximum absolute atomic E-state index is 13.1. The number of hydrogen-bond donors (Lipinski definition) is 3. The summed E-state index contributed by atoms with van der Waals surface area (Å²) in [6, 6.07) is 6.13. The zero-order valence-corrected chi connectivity index (χ0v) is 16.1. The first-order valence-corrected chi connectivity index (χ1v) is 10.2. The van der Waals surface area contributed by atoms with Crippen LogP contribution < -0.4 is 10.2 Å². The van der Waals surface area contributed by atoms with Gasteiger partial charge in [0.15, 0.2) is 5.54 Å². The largest absolute Gasteiger partial charge is 0.358 e. The lowest BCUT2D eigenvalue weighted by molar-refractivity contribution is -0.944. The van der Waals surface area contributed by atoms with Crippen molar-refractivity contribution in [1.82, 2.24) is 10.3 Å². The van der Waals surface area contributed by atoms with Crippen molar-refractivity contribution >= 4 is 28.4 Å². The van der Waals surface area contributed by atoms with Crippen LogP contribution in [0.15, 0.2) is 18.2 Å². The highest BCUT2D eigenvalue weighted by Gasteiger charge is 2.71. The molecule has 4 nitrogen and oxygen atoms in total. The number of carbonyl (C=O) groups excluding carboxylic acids is 1. The first kappa shape index (κ1) is 15.5. The Kier molecular flexibility index (Phi) is 2.67. The Morgan fingerprint density at radius 2 is 2.15 bits per heavy atom. The number of rotatable bonds is 0. The van der Waals surface area contributed by atoms with E-state index in [1.807, 2.05) is 6.07 Å². The quantitative estimate of drug-likeness (QED) is 0.652. The van der Waals surface area contributed by atoms with E-state index in [9.17, 15) is 4.79 Å². The van der Waals surface area contributed by atoms with Gasteiger partial charge >= 0.3 is 0 Å². The molecule has 1 unspecified atom stereocenters. The van der Waals surface area contributed by atoms with Crippen molar-refractivity contribution in [1.29, 1.82) is 0 Å². The van der Waals surface area contributed by atoms with Crippen LogP contribution in [0.1, 0.15) is 44.4 Å². The first-order valence-electron chi connectivity index (χ1n) is 9.84. The Balaban J connectivity index is 1.59. The minimum Gasteiger partial charge on any atom is -0.358 e. The van der Waals surface area contributed by atoms with Crippen molar-refractivity contribution in [3.05, 3.63) is 34.5 Å². The summed E-state index contributed by atoms with van der Waals surface area (Å²) in [4.78, 5) is 18.4. The Hall–Kier alpha value is -1.52. The molecule has 0 saturated carbocycles. The summed E-state index contributed by atoms with van der Waals surface area (Å²) in [5, 5.41) is 5.55. The molecule has 0 radical (unpaired) electrons. The highest BCUT2D eigenvalue weighted by atomic mass is 35.5. The SMILES string of the molecule is CC1(C)c2[nH]c3ccc(Cl)cc3c2C[C@@]23C[NH+]4CCC[C@]4(C[C@@H]12)C(=O)N3. The number of nitrogens with one attached hydrogen (secondary N) is 3. The monoisotopic (exact) mass is 370 g/mol. The molecular formula is C21H25ClN3O+. The first-order chi connectivity index (χ1) is 12.4. The van der Waals surface area contributed by atoms with Crippen LogP contribution in [0.5, 0.6) is 0 Å². The number of benzene rings is 1. The van der Waals surface area contributed by atoms with Crippen molar-refractivity contribution < 1.29 is 9.69 Å². The third-order valence-electron chi connectivity index (χ3n) is 8.18. The molecule has 1 aromatic heterocycles. The zero-order chi connectivity index (χ0) is 17.9. The van der Waals surface area contributed by atoms with Gasteiger partial charge in [-0.25, -0.2) is 0 Å². The van der Waals surface area contributed by atoms with Gasteiger partial charge in [-0.2, -0.15) is 0 Å². The van der Waals surface area contributed by atoms with Gasteiger partial charge in [0, 0.05) is 58.6 Å². The second-order valence-corrected chi connectivity index (χ2v) is 10.1. The fourth-order valence-electron chi connectivity index (χ4n) is 7.03. The number of hydrogen-bond acceptors (Lipinski definition) is 1. The van der Waals surface area contributed by atoms with E-state index in [0.29, 0.717) is 11.8 Å². The summed E-state index contributed by atoms with van der Waals surface area (Å²) in [7, 11) is 0. The Morgan fingerprint density at radius 1 is 1.31 bits per heavy atom. The van der Waals surface area contributed by atoms with Crippen LogP contribution in [0.25, 0.3) is 10.9 Å². The smallest absolute Gasteiger partial charge is 0.282 e. The van der Waals surface area contributed by atoms with E-state index in [-0.39, 0.29) is 16.5 Å². The maximum Gasteiger partial charge on any atom is 0.282 e. The number of piperidine rings is 2. The van der Waals surface area contributed by atoms with Crippen LogP contribution in [0, 0.1) is 5.92 Å². The molecule has 4 saturated heterocycles. The minimum atomic E-state index is -0.170. The average Bonchev–Trinajstić information content (AvgIpc) is 3.16.